The lowest BCUT2D eigenvalue weighted by Crippen LogP contribution is -2.11. The van der Waals surface area contributed by atoms with Crippen molar-refractivity contribution in [3.8, 4) is 11.3 Å². The molecule has 0 aliphatic carbocycles. The van der Waals surface area contributed by atoms with Gasteiger partial charge >= 0.3 is 0 Å². The van der Waals surface area contributed by atoms with Crippen LogP contribution in [0.25, 0.3) is 11.3 Å². The Morgan fingerprint density at radius 2 is 1.87 bits per heavy atom. The number of aromatic nitrogens is 1. The van der Waals surface area contributed by atoms with Crippen LogP contribution >= 0.6 is 49.9 Å². The standard InChI is InChI=1S/C17H13BrIN3S/c1-20-17-22(21-10-13-4-2-3-5-15(13)19)16(11-23-17)12-6-8-14(18)9-7-12/h2-11H,1H3. The third-order valence-electron chi connectivity index (χ3n) is 3.23. The van der Waals surface area contributed by atoms with Crippen LogP contribution < -0.4 is 4.80 Å². The first kappa shape index (κ1) is 16.6. The largest absolute Gasteiger partial charge is 0.261 e. The minimum absolute atomic E-state index is 0.866. The molecule has 0 radical (unpaired) electrons. The monoisotopic (exact) mass is 497 g/mol. The highest BCUT2D eigenvalue weighted by Gasteiger charge is 2.07. The van der Waals surface area contributed by atoms with Gasteiger partial charge in [-0.1, -0.05) is 46.3 Å². The molecule has 0 unspecified atom stereocenters. The lowest BCUT2D eigenvalue weighted by molar-refractivity contribution is 0.848. The molecule has 3 rings (SSSR count). The van der Waals surface area contributed by atoms with Crippen molar-refractivity contribution in [2.45, 2.75) is 0 Å². The molecule has 0 aliphatic rings. The zero-order valence-corrected chi connectivity index (χ0v) is 16.8. The van der Waals surface area contributed by atoms with Gasteiger partial charge in [0.2, 0.25) is 4.80 Å². The number of hydrogen-bond acceptors (Lipinski definition) is 3. The van der Waals surface area contributed by atoms with E-state index in [1.807, 2.05) is 35.2 Å². The molecule has 1 heterocycles. The Morgan fingerprint density at radius 1 is 1.13 bits per heavy atom. The lowest BCUT2D eigenvalue weighted by atomic mass is 10.2. The number of rotatable bonds is 3. The van der Waals surface area contributed by atoms with E-state index in [-0.39, 0.29) is 0 Å². The Bertz CT molecular complexity index is 910. The molecular formula is C17H13BrIN3S. The lowest BCUT2D eigenvalue weighted by Gasteiger charge is -2.04. The van der Waals surface area contributed by atoms with E-state index in [1.165, 1.54) is 3.57 Å². The first-order valence-electron chi connectivity index (χ1n) is 6.87. The van der Waals surface area contributed by atoms with Crippen molar-refractivity contribution in [1.82, 2.24) is 4.68 Å². The molecule has 0 atom stereocenters. The molecule has 6 heteroatoms. The Morgan fingerprint density at radius 3 is 2.57 bits per heavy atom. The maximum Gasteiger partial charge on any atom is 0.205 e. The molecule has 3 nitrogen and oxygen atoms in total. The van der Waals surface area contributed by atoms with Crippen molar-refractivity contribution in [1.29, 1.82) is 0 Å². The molecule has 0 aliphatic heterocycles. The van der Waals surface area contributed by atoms with E-state index >= 15 is 0 Å². The summed E-state index contributed by atoms with van der Waals surface area (Å²) in [5.41, 5.74) is 3.24. The summed E-state index contributed by atoms with van der Waals surface area (Å²) in [6.45, 7) is 0. The number of nitrogens with zero attached hydrogens (tertiary/aromatic N) is 3. The van der Waals surface area contributed by atoms with Crippen molar-refractivity contribution in [3.05, 3.63) is 72.3 Å². The highest BCUT2D eigenvalue weighted by atomic mass is 127. The second kappa shape index (κ2) is 7.55. The van der Waals surface area contributed by atoms with Gasteiger partial charge in [0.25, 0.3) is 0 Å². The van der Waals surface area contributed by atoms with Crippen molar-refractivity contribution < 1.29 is 0 Å². The van der Waals surface area contributed by atoms with Gasteiger partial charge in [0, 0.05) is 31.6 Å². The molecule has 0 fully saturated rings. The molecule has 116 valence electrons. The SMILES string of the molecule is CN=c1scc(-c2ccc(Br)cc2)n1N=Cc1ccccc1I. The fourth-order valence-corrected chi connectivity index (χ4v) is 3.68. The normalized spacial score (nSPS) is 12.2. The average molecular weight is 498 g/mol. The molecular weight excluding hydrogens is 485 g/mol. The van der Waals surface area contributed by atoms with Crippen LogP contribution in [-0.4, -0.2) is 17.9 Å². The van der Waals surface area contributed by atoms with Crippen LogP contribution in [0.1, 0.15) is 5.56 Å². The van der Waals surface area contributed by atoms with E-state index in [1.54, 1.807) is 18.4 Å². The van der Waals surface area contributed by atoms with Crippen LogP contribution in [0.3, 0.4) is 0 Å². The molecule has 0 amide bonds. The van der Waals surface area contributed by atoms with Gasteiger partial charge in [-0.25, -0.2) is 4.68 Å². The highest BCUT2D eigenvalue weighted by molar-refractivity contribution is 14.1. The number of hydrogen-bond donors (Lipinski definition) is 0. The van der Waals surface area contributed by atoms with E-state index in [4.69, 9.17) is 0 Å². The maximum atomic E-state index is 4.66. The van der Waals surface area contributed by atoms with Crippen molar-refractivity contribution >= 4 is 56.1 Å². The number of benzene rings is 2. The Kier molecular flexibility index (Phi) is 5.45. The summed E-state index contributed by atoms with van der Waals surface area (Å²) in [7, 11) is 1.79. The highest BCUT2D eigenvalue weighted by Crippen LogP contribution is 2.22. The molecule has 0 saturated carbocycles. The Hall–Kier alpha value is -1.25. The summed E-state index contributed by atoms with van der Waals surface area (Å²) < 4.78 is 4.12. The third-order valence-corrected chi connectivity index (χ3v) is 5.65. The minimum atomic E-state index is 0.866. The Balaban J connectivity index is 2.06. The molecule has 0 spiro atoms. The van der Waals surface area contributed by atoms with E-state index < -0.39 is 0 Å². The first-order valence-corrected chi connectivity index (χ1v) is 9.62. The van der Waals surface area contributed by atoms with Crippen molar-refractivity contribution in [3.63, 3.8) is 0 Å². The van der Waals surface area contributed by atoms with Crippen LogP contribution in [0.4, 0.5) is 0 Å². The summed E-state index contributed by atoms with van der Waals surface area (Å²) in [5.74, 6) is 0. The topological polar surface area (TPSA) is 29.6 Å². The number of thiazole rings is 1. The predicted octanol–water partition coefficient (Wildman–Crippen LogP) is 5.00. The summed E-state index contributed by atoms with van der Waals surface area (Å²) in [6.07, 6.45) is 1.88. The fraction of sp³-hybridized carbons (Fsp3) is 0.0588. The van der Waals surface area contributed by atoms with Gasteiger partial charge in [0.1, 0.15) is 0 Å². The zero-order chi connectivity index (χ0) is 16.2. The van der Waals surface area contributed by atoms with Crippen molar-refractivity contribution in [2.24, 2.45) is 10.1 Å². The second-order valence-electron chi connectivity index (χ2n) is 4.71. The van der Waals surface area contributed by atoms with Crippen LogP contribution in [-0.2, 0) is 0 Å². The fourth-order valence-electron chi connectivity index (χ4n) is 2.08. The van der Waals surface area contributed by atoms with Crippen molar-refractivity contribution in [2.75, 3.05) is 7.05 Å². The average Bonchev–Trinajstić information content (AvgIpc) is 2.98. The van der Waals surface area contributed by atoms with Gasteiger partial charge in [-0.3, -0.25) is 4.99 Å². The van der Waals surface area contributed by atoms with Crippen LogP contribution in [0, 0.1) is 3.57 Å². The van der Waals surface area contributed by atoms with Crippen LogP contribution in [0.2, 0.25) is 0 Å². The van der Waals surface area contributed by atoms with Gasteiger partial charge in [0.05, 0.1) is 11.9 Å². The van der Waals surface area contributed by atoms with E-state index in [2.05, 4.69) is 78.3 Å². The maximum absolute atomic E-state index is 4.66. The van der Waals surface area contributed by atoms with E-state index in [0.717, 1.165) is 26.1 Å². The van der Waals surface area contributed by atoms with Gasteiger partial charge in [-0.2, -0.15) is 5.10 Å². The molecule has 23 heavy (non-hydrogen) atoms. The van der Waals surface area contributed by atoms with Crippen LogP contribution in [0.15, 0.2) is 68.5 Å². The molecule has 1 aromatic heterocycles. The summed E-state index contributed by atoms with van der Waals surface area (Å²) in [5, 5.41) is 6.74. The van der Waals surface area contributed by atoms with E-state index in [9.17, 15) is 0 Å². The molecule has 0 saturated heterocycles. The molecule has 0 N–H and O–H groups in total. The first-order chi connectivity index (χ1) is 11.2. The zero-order valence-electron chi connectivity index (χ0n) is 12.3. The van der Waals surface area contributed by atoms with Gasteiger partial charge in [-0.15, -0.1) is 11.3 Å². The minimum Gasteiger partial charge on any atom is -0.261 e. The van der Waals surface area contributed by atoms with Gasteiger partial charge in [0.15, 0.2) is 0 Å². The van der Waals surface area contributed by atoms with E-state index in [0.29, 0.717) is 0 Å². The molecule has 2 aromatic carbocycles. The summed E-state index contributed by atoms with van der Waals surface area (Å²) in [4.78, 5) is 5.19. The molecule has 3 aromatic rings. The van der Waals surface area contributed by atoms with Gasteiger partial charge in [-0.05, 0) is 40.8 Å². The summed E-state index contributed by atoms with van der Waals surface area (Å²) in [6, 6.07) is 16.4. The summed E-state index contributed by atoms with van der Waals surface area (Å²) >= 11 is 7.37. The third kappa shape index (κ3) is 3.81. The number of halogens is 2. The van der Waals surface area contributed by atoms with Crippen LogP contribution in [0.5, 0.6) is 0 Å². The Labute approximate surface area is 160 Å². The predicted molar refractivity (Wildman–Crippen MR) is 109 cm³/mol. The molecule has 0 bridgehead atoms. The smallest absolute Gasteiger partial charge is 0.205 e. The second-order valence-corrected chi connectivity index (χ2v) is 7.63. The quantitative estimate of drug-likeness (QED) is 0.360. The van der Waals surface area contributed by atoms with Gasteiger partial charge < -0.3 is 0 Å².